The molecule has 3 rings (SSSR count). The van der Waals surface area contributed by atoms with Crippen LogP contribution >= 0.6 is 11.6 Å². The Morgan fingerprint density at radius 3 is 2.38 bits per heavy atom. The van der Waals surface area contributed by atoms with Gasteiger partial charge in [-0.2, -0.15) is 13.2 Å². The highest BCUT2D eigenvalue weighted by atomic mass is 35.5. The molecule has 1 aromatic carbocycles. The predicted molar refractivity (Wildman–Crippen MR) is 74.7 cm³/mol. The fourth-order valence-corrected chi connectivity index (χ4v) is 3.74. The van der Waals surface area contributed by atoms with Crippen LogP contribution in [0.2, 0.25) is 5.02 Å². The molecule has 0 unspecified atom stereocenters. The standard InChI is InChI=1S/C15H17ClF3NO/c1-20-9-5-6-10(20)8-11(7-9)21-13-4-2-3-12(14(13)16)15(17,18)19/h2-4,9-11H,5-8H2,1H3/t9-,10+,11-. The summed E-state index contributed by atoms with van der Waals surface area (Å²) in [5.41, 5.74) is -0.836. The summed E-state index contributed by atoms with van der Waals surface area (Å²) in [4.78, 5) is 2.35. The second kappa shape index (κ2) is 5.36. The number of alkyl halides is 3. The topological polar surface area (TPSA) is 12.5 Å². The quantitative estimate of drug-likeness (QED) is 0.803. The molecule has 2 heterocycles. The smallest absolute Gasteiger partial charge is 0.417 e. The van der Waals surface area contributed by atoms with Crippen molar-refractivity contribution in [2.45, 2.75) is 50.0 Å². The molecule has 0 amide bonds. The van der Waals surface area contributed by atoms with E-state index in [1.807, 2.05) is 0 Å². The Labute approximate surface area is 126 Å². The van der Waals surface area contributed by atoms with Gasteiger partial charge in [0.05, 0.1) is 10.6 Å². The second-order valence-electron chi connectivity index (χ2n) is 5.88. The Bertz CT molecular complexity index is 520. The van der Waals surface area contributed by atoms with Gasteiger partial charge < -0.3 is 9.64 Å². The van der Waals surface area contributed by atoms with Gasteiger partial charge in [-0.15, -0.1) is 0 Å². The van der Waals surface area contributed by atoms with Crippen molar-refractivity contribution in [3.05, 3.63) is 28.8 Å². The SMILES string of the molecule is CN1[C@@H]2CC[C@H]1C[C@H](Oc1cccc(C(F)(F)F)c1Cl)C2. The van der Waals surface area contributed by atoms with E-state index < -0.39 is 11.7 Å². The summed E-state index contributed by atoms with van der Waals surface area (Å²) in [5, 5.41) is -0.337. The van der Waals surface area contributed by atoms with Crippen LogP contribution in [0.5, 0.6) is 5.75 Å². The first-order valence-electron chi connectivity index (χ1n) is 7.10. The Morgan fingerprint density at radius 1 is 1.19 bits per heavy atom. The fourth-order valence-electron chi connectivity index (χ4n) is 3.46. The van der Waals surface area contributed by atoms with Gasteiger partial charge in [0.15, 0.2) is 0 Å². The third-order valence-electron chi connectivity index (χ3n) is 4.62. The molecule has 0 aliphatic carbocycles. The lowest BCUT2D eigenvalue weighted by Crippen LogP contribution is -2.43. The molecule has 1 aromatic rings. The Balaban J connectivity index is 1.77. The number of rotatable bonds is 2. The van der Waals surface area contributed by atoms with E-state index in [0.29, 0.717) is 12.1 Å². The number of benzene rings is 1. The van der Waals surface area contributed by atoms with E-state index in [-0.39, 0.29) is 16.9 Å². The van der Waals surface area contributed by atoms with Gasteiger partial charge >= 0.3 is 6.18 Å². The maximum absolute atomic E-state index is 12.8. The van der Waals surface area contributed by atoms with E-state index >= 15 is 0 Å². The molecular formula is C15H17ClF3NO. The van der Waals surface area contributed by atoms with Crippen molar-refractivity contribution in [2.75, 3.05) is 7.05 Å². The highest BCUT2D eigenvalue weighted by molar-refractivity contribution is 6.32. The largest absolute Gasteiger partial charge is 0.489 e. The van der Waals surface area contributed by atoms with Crippen LogP contribution in [0.1, 0.15) is 31.2 Å². The van der Waals surface area contributed by atoms with Crippen molar-refractivity contribution < 1.29 is 17.9 Å². The number of fused-ring (bicyclic) bond motifs is 2. The van der Waals surface area contributed by atoms with Gasteiger partial charge in [0.2, 0.25) is 0 Å². The number of nitrogens with zero attached hydrogens (tertiary/aromatic N) is 1. The molecule has 2 aliphatic heterocycles. The van der Waals surface area contributed by atoms with Crippen molar-refractivity contribution in [1.82, 2.24) is 4.90 Å². The molecule has 2 saturated heterocycles. The minimum atomic E-state index is -4.46. The van der Waals surface area contributed by atoms with E-state index in [4.69, 9.17) is 16.3 Å². The third-order valence-corrected chi connectivity index (χ3v) is 5.01. The van der Waals surface area contributed by atoms with Crippen molar-refractivity contribution in [3.8, 4) is 5.75 Å². The Morgan fingerprint density at radius 2 is 1.81 bits per heavy atom. The number of piperidine rings is 1. The fraction of sp³-hybridized carbons (Fsp3) is 0.600. The zero-order valence-electron chi connectivity index (χ0n) is 11.7. The van der Waals surface area contributed by atoms with Crippen molar-refractivity contribution in [3.63, 3.8) is 0 Å². The van der Waals surface area contributed by atoms with Crippen LogP contribution in [0.4, 0.5) is 13.2 Å². The number of ether oxygens (including phenoxy) is 1. The van der Waals surface area contributed by atoms with Gasteiger partial charge in [-0.25, -0.2) is 0 Å². The lowest BCUT2D eigenvalue weighted by molar-refractivity contribution is -0.137. The molecule has 2 aliphatic rings. The summed E-state index contributed by atoms with van der Waals surface area (Å²) in [6, 6.07) is 4.77. The summed E-state index contributed by atoms with van der Waals surface area (Å²) in [5.74, 6) is 0.139. The number of halogens is 4. The van der Waals surface area contributed by atoms with Crippen molar-refractivity contribution in [1.29, 1.82) is 0 Å². The van der Waals surface area contributed by atoms with Crippen molar-refractivity contribution >= 4 is 11.6 Å². The summed E-state index contributed by atoms with van der Waals surface area (Å²) in [6.07, 6.45) is -0.546. The lowest BCUT2D eigenvalue weighted by Gasteiger charge is -2.36. The van der Waals surface area contributed by atoms with Gasteiger partial charge in [-0.3, -0.25) is 0 Å². The summed E-state index contributed by atoms with van der Waals surface area (Å²) in [7, 11) is 2.11. The van der Waals surface area contributed by atoms with E-state index in [0.717, 1.165) is 31.7 Å². The Kier molecular flexibility index (Phi) is 3.82. The first kappa shape index (κ1) is 15.0. The predicted octanol–water partition coefficient (Wildman–Crippen LogP) is 4.36. The minimum absolute atomic E-state index is 0.0558. The first-order valence-corrected chi connectivity index (χ1v) is 7.48. The van der Waals surface area contributed by atoms with E-state index in [9.17, 15) is 13.2 Å². The van der Waals surface area contributed by atoms with Crippen LogP contribution in [-0.4, -0.2) is 30.1 Å². The van der Waals surface area contributed by atoms with Gasteiger partial charge in [0, 0.05) is 12.1 Å². The number of hydrogen-bond donors (Lipinski definition) is 0. The molecule has 2 nitrogen and oxygen atoms in total. The molecule has 0 radical (unpaired) electrons. The lowest BCUT2D eigenvalue weighted by atomic mass is 10.0. The first-order chi connectivity index (χ1) is 9.86. The molecular weight excluding hydrogens is 303 g/mol. The van der Waals surface area contributed by atoms with Gasteiger partial charge in [-0.1, -0.05) is 17.7 Å². The van der Waals surface area contributed by atoms with E-state index in [1.165, 1.54) is 12.1 Å². The molecule has 0 saturated carbocycles. The summed E-state index contributed by atoms with van der Waals surface area (Å²) < 4.78 is 44.3. The van der Waals surface area contributed by atoms with E-state index in [2.05, 4.69) is 11.9 Å². The zero-order chi connectivity index (χ0) is 15.2. The molecule has 3 atom stereocenters. The maximum atomic E-state index is 12.8. The van der Waals surface area contributed by atoms with Crippen LogP contribution in [0.25, 0.3) is 0 Å². The third kappa shape index (κ3) is 2.86. The van der Waals surface area contributed by atoms with E-state index in [1.54, 1.807) is 0 Å². The van der Waals surface area contributed by atoms with Crippen LogP contribution in [0.3, 0.4) is 0 Å². The highest BCUT2D eigenvalue weighted by Gasteiger charge is 2.40. The van der Waals surface area contributed by atoms with Crippen LogP contribution in [0.15, 0.2) is 18.2 Å². The molecule has 21 heavy (non-hydrogen) atoms. The van der Waals surface area contributed by atoms with Crippen LogP contribution in [0, 0.1) is 0 Å². The molecule has 0 aromatic heterocycles. The Hall–Kier alpha value is -0.940. The van der Waals surface area contributed by atoms with Gasteiger partial charge in [0.1, 0.15) is 11.9 Å². The maximum Gasteiger partial charge on any atom is 0.417 e. The normalized spacial score (nSPS) is 29.7. The van der Waals surface area contributed by atoms with Crippen LogP contribution in [-0.2, 0) is 6.18 Å². The summed E-state index contributed by atoms with van der Waals surface area (Å²) >= 11 is 5.87. The monoisotopic (exact) mass is 319 g/mol. The number of hydrogen-bond acceptors (Lipinski definition) is 2. The minimum Gasteiger partial charge on any atom is -0.489 e. The second-order valence-corrected chi connectivity index (χ2v) is 6.26. The van der Waals surface area contributed by atoms with Crippen molar-refractivity contribution in [2.24, 2.45) is 0 Å². The average molecular weight is 320 g/mol. The highest BCUT2D eigenvalue weighted by Crippen LogP contribution is 2.41. The van der Waals surface area contributed by atoms with Crippen LogP contribution < -0.4 is 4.74 Å². The molecule has 116 valence electrons. The van der Waals surface area contributed by atoms with Gasteiger partial charge in [-0.05, 0) is 44.9 Å². The zero-order valence-corrected chi connectivity index (χ0v) is 12.4. The molecule has 0 spiro atoms. The summed E-state index contributed by atoms with van der Waals surface area (Å²) in [6.45, 7) is 0. The molecule has 0 N–H and O–H groups in total. The average Bonchev–Trinajstić information content (AvgIpc) is 2.62. The molecule has 6 heteroatoms. The van der Waals surface area contributed by atoms with Gasteiger partial charge in [0.25, 0.3) is 0 Å². The molecule has 2 bridgehead atoms. The molecule has 2 fully saturated rings.